The number of fused-ring (bicyclic) bond motifs is 1. The number of nitrogens with one attached hydrogen (secondary N) is 1. The van der Waals surface area contributed by atoms with Crippen molar-refractivity contribution >= 4 is 6.08 Å². The van der Waals surface area contributed by atoms with Crippen LogP contribution in [0.15, 0.2) is 36.7 Å². The zero-order chi connectivity index (χ0) is 10.1. The molecule has 2 aliphatic rings. The van der Waals surface area contributed by atoms with Crippen molar-refractivity contribution in [1.29, 1.82) is 0 Å². The molecule has 3 heteroatoms. The first kappa shape index (κ1) is 8.53. The van der Waals surface area contributed by atoms with E-state index in [1.807, 2.05) is 18.5 Å². The highest BCUT2D eigenvalue weighted by molar-refractivity contribution is 5.46. The standard InChI is InChI=1S/C12H13N3/c1-3-7-13-11(6-1)12-14-9-10-5-2-4-8-15(10)12/h1-3,5-7,9,11,13H,4,8H2. The minimum Gasteiger partial charge on any atom is -0.378 e. The van der Waals surface area contributed by atoms with Crippen molar-refractivity contribution < 1.29 is 0 Å². The quantitative estimate of drug-likeness (QED) is 0.749. The van der Waals surface area contributed by atoms with E-state index < -0.39 is 0 Å². The highest BCUT2D eigenvalue weighted by Gasteiger charge is 2.17. The molecule has 1 aromatic heterocycles. The zero-order valence-corrected chi connectivity index (χ0v) is 8.43. The molecule has 76 valence electrons. The molecule has 2 aliphatic heterocycles. The van der Waals surface area contributed by atoms with Crippen LogP contribution in [0.5, 0.6) is 0 Å². The summed E-state index contributed by atoms with van der Waals surface area (Å²) in [7, 11) is 0. The molecule has 0 radical (unpaired) electrons. The molecule has 0 aromatic carbocycles. The van der Waals surface area contributed by atoms with Crippen LogP contribution in [-0.2, 0) is 6.54 Å². The van der Waals surface area contributed by atoms with Gasteiger partial charge in [0, 0.05) is 6.54 Å². The van der Waals surface area contributed by atoms with Crippen molar-refractivity contribution in [3.63, 3.8) is 0 Å². The van der Waals surface area contributed by atoms with E-state index in [1.165, 1.54) is 5.69 Å². The maximum absolute atomic E-state index is 4.49. The summed E-state index contributed by atoms with van der Waals surface area (Å²) in [6.07, 6.45) is 15.5. The van der Waals surface area contributed by atoms with Gasteiger partial charge in [-0.25, -0.2) is 4.98 Å². The third-order valence-corrected chi connectivity index (χ3v) is 2.79. The van der Waals surface area contributed by atoms with Gasteiger partial charge in [0.1, 0.15) is 11.9 Å². The maximum Gasteiger partial charge on any atom is 0.135 e. The number of nitrogens with zero attached hydrogens (tertiary/aromatic N) is 2. The van der Waals surface area contributed by atoms with Crippen LogP contribution in [0, 0.1) is 0 Å². The Morgan fingerprint density at radius 1 is 1.40 bits per heavy atom. The smallest absolute Gasteiger partial charge is 0.135 e. The lowest BCUT2D eigenvalue weighted by molar-refractivity contribution is 0.591. The van der Waals surface area contributed by atoms with Crippen LogP contribution in [-0.4, -0.2) is 9.55 Å². The van der Waals surface area contributed by atoms with Gasteiger partial charge in [-0.3, -0.25) is 0 Å². The molecule has 1 atom stereocenters. The summed E-state index contributed by atoms with van der Waals surface area (Å²) in [6, 6.07) is 0.218. The first-order valence-electron chi connectivity index (χ1n) is 5.26. The normalized spacial score (nSPS) is 22.5. The fraction of sp³-hybridized carbons (Fsp3) is 0.250. The van der Waals surface area contributed by atoms with E-state index >= 15 is 0 Å². The Labute approximate surface area is 88.8 Å². The predicted molar refractivity (Wildman–Crippen MR) is 60.0 cm³/mol. The first-order chi connectivity index (χ1) is 7.45. The average Bonchev–Trinajstić information content (AvgIpc) is 2.74. The summed E-state index contributed by atoms with van der Waals surface area (Å²) in [5, 5.41) is 3.30. The Kier molecular flexibility index (Phi) is 1.95. The van der Waals surface area contributed by atoms with Gasteiger partial charge in [-0.15, -0.1) is 0 Å². The minimum absolute atomic E-state index is 0.218. The van der Waals surface area contributed by atoms with Gasteiger partial charge in [-0.05, 0) is 24.8 Å². The van der Waals surface area contributed by atoms with Crippen molar-refractivity contribution in [2.45, 2.75) is 19.0 Å². The molecule has 0 saturated heterocycles. The van der Waals surface area contributed by atoms with Crippen molar-refractivity contribution in [2.24, 2.45) is 0 Å². The van der Waals surface area contributed by atoms with E-state index in [9.17, 15) is 0 Å². The van der Waals surface area contributed by atoms with Crippen molar-refractivity contribution in [2.75, 3.05) is 0 Å². The van der Waals surface area contributed by atoms with Gasteiger partial charge in [0.05, 0.1) is 11.9 Å². The summed E-state index contributed by atoms with van der Waals surface area (Å²) in [6.45, 7) is 1.04. The topological polar surface area (TPSA) is 29.9 Å². The molecule has 0 bridgehead atoms. The second-order valence-corrected chi connectivity index (χ2v) is 3.77. The van der Waals surface area contributed by atoms with Crippen LogP contribution < -0.4 is 5.32 Å². The number of rotatable bonds is 1. The van der Waals surface area contributed by atoms with Gasteiger partial charge in [0.15, 0.2) is 0 Å². The van der Waals surface area contributed by atoms with Crippen LogP contribution in [0.4, 0.5) is 0 Å². The van der Waals surface area contributed by atoms with Gasteiger partial charge in [-0.1, -0.05) is 18.2 Å². The van der Waals surface area contributed by atoms with Crippen molar-refractivity contribution in [3.8, 4) is 0 Å². The summed E-state index contributed by atoms with van der Waals surface area (Å²) in [5.41, 5.74) is 1.21. The van der Waals surface area contributed by atoms with Gasteiger partial charge in [0.25, 0.3) is 0 Å². The van der Waals surface area contributed by atoms with E-state index in [2.05, 4.69) is 39.2 Å². The van der Waals surface area contributed by atoms with Crippen LogP contribution in [0.2, 0.25) is 0 Å². The summed E-state index contributed by atoms with van der Waals surface area (Å²) in [5.74, 6) is 1.11. The lowest BCUT2D eigenvalue weighted by Crippen LogP contribution is -2.20. The number of imidazole rings is 1. The fourth-order valence-corrected chi connectivity index (χ4v) is 2.04. The molecule has 3 rings (SSSR count). The molecule has 0 aliphatic carbocycles. The summed E-state index contributed by atoms with van der Waals surface area (Å²) in [4.78, 5) is 4.49. The Balaban J connectivity index is 1.98. The Hall–Kier alpha value is -1.77. The van der Waals surface area contributed by atoms with Crippen LogP contribution >= 0.6 is 0 Å². The Morgan fingerprint density at radius 3 is 3.27 bits per heavy atom. The Bertz CT molecular complexity index is 451. The Morgan fingerprint density at radius 2 is 2.40 bits per heavy atom. The number of hydrogen-bond donors (Lipinski definition) is 1. The van der Waals surface area contributed by atoms with Crippen LogP contribution in [0.1, 0.15) is 24.0 Å². The average molecular weight is 199 g/mol. The molecule has 1 unspecified atom stereocenters. The molecule has 15 heavy (non-hydrogen) atoms. The molecule has 1 N–H and O–H groups in total. The maximum atomic E-state index is 4.49. The highest BCUT2D eigenvalue weighted by Crippen LogP contribution is 2.21. The fourth-order valence-electron chi connectivity index (χ4n) is 2.04. The third kappa shape index (κ3) is 1.40. The molecule has 0 saturated carbocycles. The van der Waals surface area contributed by atoms with Gasteiger partial charge >= 0.3 is 0 Å². The van der Waals surface area contributed by atoms with Crippen LogP contribution in [0.25, 0.3) is 6.08 Å². The van der Waals surface area contributed by atoms with E-state index in [0.29, 0.717) is 0 Å². The zero-order valence-electron chi connectivity index (χ0n) is 8.43. The molecule has 0 fully saturated rings. The third-order valence-electron chi connectivity index (χ3n) is 2.79. The van der Waals surface area contributed by atoms with E-state index in [1.54, 1.807) is 0 Å². The largest absolute Gasteiger partial charge is 0.378 e. The molecule has 0 spiro atoms. The van der Waals surface area contributed by atoms with Gasteiger partial charge < -0.3 is 9.88 Å². The second-order valence-electron chi connectivity index (χ2n) is 3.77. The number of hydrogen-bond acceptors (Lipinski definition) is 2. The molecule has 3 nitrogen and oxygen atoms in total. The number of aromatic nitrogens is 2. The van der Waals surface area contributed by atoms with E-state index in [0.717, 1.165) is 18.8 Å². The molecule has 1 aromatic rings. The second kappa shape index (κ2) is 3.42. The van der Waals surface area contributed by atoms with Gasteiger partial charge in [-0.2, -0.15) is 0 Å². The lowest BCUT2D eigenvalue weighted by atomic mass is 10.2. The van der Waals surface area contributed by atoms with Gasteiger partial charge in [0.2, 0.25) is 0 Å². The number of allylic oxidation sites excluding steroid dienone is 3. The molecule has 0 amide bonds. The predicted octanol–water partition coefficient (Wildman–Crippen LogP) is 2.01. The molecule has 3 heterocycles. The summed E-state index contributed by atoms with van der Waals surface area (Å²) >= 11 is 0. The first-order valence-corrected chi connectivity index (χ1v) is 5.26. The highest BCUT2D eigenvalue weighted by atomic mass is 15.1. The SMILES string of the molecule is C1=CNC(c2ncc3n2CCC=C3)C=C1. The minimum atomic E-state index is 0.218. The number of dihydropyridines is 1. The molecular formula is C12H13N3. The van der Waals surface area contributed by atoms with Crippen molar-refractivity contribution in [1.82, 2.24) is 14.9 Å². The summed E-state index contributed by atoms with van der Waals surface area (Å²) < 4.78 is 2.28. The molecular weight excluding hydrogens is 186 g/mol. The van der Waals surface area contributed by atoms with Crippen molar-refractivity contribution in [3.05, 3.63) is 48.2 Å². The monoisotopic (exact) mass is 199 g/mol. The van der Waals surface area contributed by atoms with E-state index in [-0.39, 0.29) is 6.04 Å². The van der Waals surface area contributed by atoms with E-state index in [4.69, 9.17) is 0 Å². The van der Waals surface area contributed by atoms with Crippen LogP contribution in [0.3, 0.4) is 0 Å². The lowest BCUT2D eigenvalue weighted by Gasteiger charge is -2.19.